The van der Waals surface area contributed by atoms with E-state index >= 15 is 0 Å². The van der Waals surface area contributed by atoms with Gasteiger partial charge in [0.25, 0.3) is 0 Å². The highest BCUT2D eigenvalue weighted by molar-refractivity contribution is 9.10. The number of aryl methyl sites for hydroxylation is 2. The summed E-state index contributed by atoms with van der Waals surface area (Å²) in [6.45, 7) is 4.91. The van der Waals surface area contributed by atoms with Gasteiger partial charge in [-0.15, -0.1) is 0 Å². The molecule has 0 aliphatic rings. The molecule has 0 spiro atoms. The molecule has 0 aliphatic carbocycles. The Bertz CT molecular complexity index is 595. The minimum atomic E-state index is -0.206. The number of nitrogens with one attached hydrogen (secondary N) is 1. The number of hydrogen-bond acceptors (Lipinski definition) is 2. The molecule has 1 N–H and O–H groups in total. The predicted molar refractivity (Wildman–Crippen MR) is 82.3 cm³/mol. The SMILES string of the molecule is CCCn1ncc(Br)c1C(NC)c1ccc(F)cc1C. The van der Waals surface area contributed by atoms with Crippen molar-refractivity contribution in [3.8, 4) is 0 Å². The molecule has 1 atom stereocenters. The molecule has 1 aromatic heterocycles. The molecule has 20 heavy (non-hydrogen) atoms. The van der Waals surface area contributed by atoms with Crippen LogP contribution in [0.25, 0.3) is 0 Å². The van der Waals surface area contributed by atoms with E-state index in [-0.39, 0.29) is 11.9 Å². The van der Waals surface area contributed by atoms with Crippen molar-refractivity contribution >= 4 is 15.9 Å². The molecular formula is C15H19BrFN3. The van der Waals surface area contributed by atoms with Gasteiger partial charge in [0.1, 0.15) is 5.82 Å². The van der Waals surface area contributed by atoms with Gasteiger partial charge in [0.2, 0.25) is 0 Å². The molecule has 3 nitrogen and oxygen atoms in total. The average molecular weight is 340 g/mol. The van der Waals surface area contributed by atoms with Gasteiger partial charge in [-0.3, -0.25) is 4.68 Å². The fourth-order valence-corrected chi connectivity index (χ4v) is 2.98. The highest BCUT2D eigenvalue weighted by Gasteiger charge is 2.21. The van der Waals surface area contributed by atoms with Crippen LogP contribution in [0.2, 0.25) is 0 Å². The van der Waals surface area contributed by atoms with Crippen molar-refractivity contribution in [1.29, 1.82) is 0 Å². The van der Waals surface area contributed by atoms with Crippen molar-refractivity contribution < 1.29 is 4.39 Å². The van der Waals surface area contributed by atoms with Gasteiger partial charge >= 0.3 is 0 Å². The Hall–Kier alpha value is -1.20. The number of hydrogen-bond donors (Lipinski definition) is 1. The third-order valence-electron chi connectivity index (χ3n) is 3.37. The van der Waals surface area contributed by atoms with Crippen molar-refractivity contribution in [1.82, 2.24) is 15.1 Å². The Morgan fingerprint density at radius 2 is 2.20 bits per heavy atom. The topological polar surface area (TPSA) is 29.9 Å². The van der Waals surface area contributed by atoms with Crippen LogP contribution in [0, 0.1) is 12.7 Å². The van der Waals surface area contributed by atoms with E-state index < -0.39 is 0 Å². The van der Waals surface area contributed by atoms with E-state index in [9.17, 15) is 4.39 Å². The van der Waals surface area contributed by atoms with Crippen molar-refractivity contribution in [3.63, 3.8) is 0 Å². The minimum Gasteiger partial charge on any atom is -0.308 e. The van der Waals surface area contributed by atoms with Crippen molar-refractivity contribution in [3.05, 3.63) is 51.5 Å². The first kappa shape index (κ1) is 15.2. The molecule has 0 saturated heterocycles. The zero-order chi connectivity index (χ0) is 14.7. The first-order valence-electron chi connectivity index (χ1n) is 6.73. The summed E-state index contributed by atoms with van der Waals surface area (Å²) in [6, 6.07) is 4.88. The Balaban J connectivity index is 2.49. The maximum Gasteiger partial charge on any atom is 0.123 e. The summed E-state index contributed by atoms with van der Waals surface area (Å²) in [5.74, 6) is -0.206. The number of halogens is 2. The van der Waals surface area contributed by atoms with E-state index in [1.54, 1.807) is 6.07 Å². The Labute approximate surface area is 127 Å². The van der Waals surface area contributed by atoms with Crippen LogP contribution in [0.3, 0.4) is 0 Å². The van der Waals surface area contributed by atoms with Gasteiger partial charge in [0, 0.05) is 6.54 Å². The predicted octanol–water partition coefficient (Wildman–Crippen LogP) is 3.81. The fraction of sp³-hybridized carbons (Fsp3) is 0.400. The lowest BCUT2D eigenvalue weighted by molar-refractivity contribution is 0.531. The largest absolute Gasteiger partial charge is 0.308 e. The van der Waals surface area contributed by atoms with E-state index in [1.807, 2.05) is 30.9 Å². The molecule has 0 bridgehead atoms. The molecule has 1 aromatic carbocycles. The van der Waals surface area contributed by atoms with Crippen LogP contribution in [0.4, 0.5) is 4.39 Å². The molecule has 0 fully saturated rings. The van der Waals surface area contributed by atoms with Crippen molar-refractivity contribution in [2.24, 2.45) is 0 Å². The third kappa shape index (κ3) is 2.94. The van der Waals surface area contributed by atoms with E-state index in [0.717, 1.165) is 34.3 Å². The standard InChI is InChI=1S/C15H19BrFN3/c1-4-7-20-15(13(16)9-19-20)14(18-3)12-6-5-11(17)8-10(12)2/h5-6,8-9,14,18H,4,7H2,1-3H3. The molecule has 2 aromatic rings. The summed E-state index contributed by atoms with van der Waals surface area (Å²) in [5.41, 5.74) is 3.07. The normalized spacial score (nSPS) is 12.7. The third-order valence-corrected chi connectivity index (χ3v) is 3.98. The molecule has 0 radical (unpaired) electrons. The van der Waals surface area contributed by atoms with Gasteiger partial charge in [-0.25, -0.2) is 4.39 Å². The smallest absolute Gasteiger partial charge is 0.123 e. The van der Waals surface area contributed by atoms with Crippen molar-refractivity contribution in [2.45, 2.75) is 32.9 Å². The average Bonchev–Trinajstić information content (AvgIpc) is 2.75. The number of benzene rings is 1. The van der Waals surface area contributed by atoms with E-state index in [2.05, 4.69) is 33.3 Å². The lowest BCUT2D eigenvalue weighted by Crippen LogP contribution is -2.23. The minimum absolute atomic E-state index is 0.0148. The highest BCUT2D eigenvalue weighted by Crippen LogP contribution is 2.30. The summed E-state index contributed by atoms with van der Waals surface area (Å²) in [6.07, 6.45) is 2.83. The highest BCUT2D eigenvalue weighted by atomic mass is 79.9. The van der Waals surface area contributed by atoms with Crippen LogP contribution in [0.1, 0.15) is 36.2 Å². The van der Waals surface area contributed by atoms with Gasteiger partial charge < -0.3 is 5.32 Å². The van der Waals surface area contributed by atoms with Crippen molar-refractivity contribution in [2.75, 3.05) is 7.05 Å². The number of rotatable bonds is 5. The Kier molecular flexibility index (Phi) is 4.94. The van der Waals surface area contributed by atoms with Crippen LogP contribution in [-0.2, 0) is 6.54 Å². The first-order chi connectivity index (χ1) is 9.58. The van der Waals surface area contributed by atoms with Gasteiger partial charge in [0.05, 0.1) is 22.4 Å². The van der Waals surface area contributed by atoms with E-state index in [1.165, 1.54) is 6.07 Å². The van der Waals surface area contributed by atoms with Crippen LogP contribution in [0.5, 0.6) is 0 Å². The van der Waals surface area contributed by atoms with Gasteiger partial charge in [-0.2, -0.15) is 5.10 Å². The number of nitrogens with zero attached hydrogens (tertiary/aromatic N) is 2. The monoisotopic (exact) mass is 339 g/mol. The quantitative estimate of drug-likeness (QED) is 0.897. The fourth-order valence-electron chi connectivity index (χ4n) is 2.45. The molecule has 0 aliphatic heterocycles. The molecule has 108 valence electrons. The molecule has 5 heteroatoms. The second-order valence-corrected chi connectivity index (χ2v) is 5.68. The second kappa shape index (κ2) is 6.50. The summed E-state index contributed by atoms with van der Waals surface area (Å²) >= 11 is 3.57. The van der Waals surface area contributed by atoms with Gasteiger partial charge in [-0.1, -0.05) is 13.0 Å². The molecular weight excluding hydrogens is 321 g/mol. The molecule has 2 rings (SSSR count). The van der Waals surface area contributed by atoms with Gasteiger partial charge in [-0.05, 0) is 59.6 Å². The second-order valence-electron chi connectivity index (χ2n) is 4.82. The lowest BCUT2D eigenvalue weighted by Gasteiger charge is -2.21. The number of aromatic nitrogens is 2. The molecule has 1 unspecified atom stereocenters. The molecule has 0 amide bonds. The Morgan fingerprint density at radius 3 is 2.80 bits per heavy atom. The maximum absolute atomic E-state index is 13.3. The summed E-state index contributed by atoms with van der Waals surface area (Å²) in [5, 5.41) is 7.71. The van der Waals surface area contributed by atoms with Crippen LogP contribution in [0.15, 0.2) is 28.9 Å². The summed E-state index contributed by atoms with van der Waals surface area (Å²) in [4.78, 5) is 0. The zero-order valence-corrected chi connectivity index (χ0v) is 13.5. The van der Waals surface area contributed by atoms with Crippen LogP contribution < -0.4 is 5.32 Å². The van der Waals surface area contributed by atoms with Crippen LogP contribution in [-0.4, -0.2) is 16.8 Å². The lowest BCUT2D eigenvalue weighted by atomic mass is 9.98. The van der Waals surface area contributed by atoms with E-state index in [4.69, 9.17) is 0 Å². The van der Waals surface area contributed by atoms with Gasteiger partial charge in [0.15, 0.2) is 0 Å². The molecule has 1 heterocycles. The Morgan fingerprint density at radius 1 is 1.45 bits per heavy atom. The zero-order valence-electron chi connectivity index (χ0n) is 12.0. The first-order valence-corrected chi connectivity index (χ1v) is 7.52. The summed E-state index contributed by atoms with van der Waals surface area (Å²) < 4.78 is 16.3. The van der Waals surface area contributed by atoms with E-state index in [0.29, 0.717) is 0 Å². The molecule has 0 saturated carbocycles. The maximum atomic E-state index is 13.3. The summed E-state index contributed by atoms with van der Waals surface area (Å²) in [7, 11) is 1.91. The van der Waals surface area contributed by atoms with Crippen LogP contribution >= 0.6 is 15.9 Å².